The minimum absolute atomic E-state index is 1.09. The minimum Gasteiger partial charge on any atom is -0.308 e. The lowest BCUT2D eigenvalue weighted by Gasteiger charge is -2.31. The second-order valence-corrected chi connectivity index (χ2v) is 13.7. The fourth-order valence-corrected chi connectivity index (χ4v) is 8.18. The molecule has 10 rings (SSSR count). The van der Waals surface area contributed by atoms with E-state index in [1.807, 2.05) is 0 Å². The lowest BCUT2D eigenvalue weighted by Crippen LogP contribution is -2.14. The van der Waals surface area contributed by atoms with Crippen LogP contribution in [0.15, 0.2) is 218 Å². The van der Waals surface area contributed by atoms with Crippen molar-refractivity contribution in [3.8, 4) is 39.1 Å². The largest absolute Gasteiger partial charge is 0.308 e. The Morgan fingerprint density at radius 1 is 0.315 bits per heavy atom. The molecule has 0 amide bonds. The number of benzene rings is 9. The number of hydrogen-bond acceptors (Lipinski definition) is 1. The molecular formula is C52H36N2. The number of fused-ring (bicyclic) bond motifs is 4. The Hall–Kier alpha value is -7.16. The second-order valence-electron chi connectivity index (χ2n) is 13.7. The minimum atomic E-state index is 1.09. The summed E-state index contributed by atoms with van der Waals surface area (Å²) in [7, 11) is 0. The van der Waals surface area contributed by atoms with E-state index in [9.17, 15) is 0 Å². The van der Waals surface area contributed by atoms with E-state index in [0.29, 0.717) is 0 Å². The van der Waals surface area contributed by atoms with Crippen molar-refractivity contribution in [2.24, 2.45) is 0 Å². The molecule has 254 valence electrons. The fourth-order valence-electron chi connectivity index (χ4n) is 8.18. The van der Waals surface area contributed by atoms with E-state index in [2.05, 4.69) is 228 Å². The van der Waals surface area contributed by atoms with Crippen LogP contribution in [0.2, 0.25) is 0 Å². The summed E-state index contributed by atoms with van der Waals surface area (Å²) in [5.74, 6) is 0. The van der Waals surface area contributed by atoms with Gasteiger partial charge in [-0.15, -0.1) is 0 Å². The molecule has 1 heterocycles. The zero-order chi connectivity index (χ0) is 35.8. The van der Waals surface area contributed by atoms with Gasteiger partial charge in [-0.3, -0.25) is 0 Å². The van der Waals surface area contributed by atoms with E-state index in [1.54, 1.807) is 0 Å². The number of aromatic nitrogens is 1. The summed E-state index contributed by atoms with van der Waals surface area (Å²) in [6, 6.07) is 79.0. The normalized spacial score (nSPS) is 11.3. The molecule has 0 radical (unpaired) electrons. The lowest BCUT2D eigenvalue weighted by atomic mass is 9.88. The highest BCUT2D eigenvalue weighted by atomic mass is 15.2. The van der Waals surface area contributed by atoms with Gasteiger partial charge < -0.3 is 9.47 Å². The number of rotatable bonds is 7. The Morgan fingerprint density at radius 3 is 1.50 bits per heavy atom. The Morgan fingerprint density at radius 2 is 0.796 bits per heavy atom. The van der Waals surface area contributed by atoms with Gasteiger partial charge in [0.05, 0.1) is 28.1 Å². The van der Waals surface area contributed by atoms with Crippen molar-refractivity contribution >= 4 is 49.6 Å². The van der Waals surface area contributed by atoms with E-state index in [-0.39, 0.29) is 0 Å². The van der Waals surface area contributed by atoms with Crippen molar-refractivity contribution in [2.75, 3.05) is 4.90 Å². The molecule has 0 saturated carbocycles. The predicted octanol–water partition coefficient (Wildman–Crippen LogP) is 14.4. The van der Waals surface area contributed by atoms with Gasteiger partial charge in [0.15, 0.2) is 0 Å². The highest BCUT2D eigenvalue weighted by Crippen LogP contribution is 2.47. The first-order valence-electron chi connectivity index (χ1n) is 18.5. The highest BCUT2D eigenvalue weighted by Gasteiger charge is 2.24. The van der Waals surface area contributed by atoms with Crippen molar-refractivity contribution in [3.63, 3.8) is 0 Å². The molecule has 0 N–H and O–H groups in total. The average molecular weight is 689 g/mol. The van der Waals surface area contributed by atoms with Crippen LogP contribution in [0, 0.1) is 0 Å². The fraction of sp³-hybridized carbons (Fsp3) is 0. The van der Waals surface area contributed by atoms with Crippen LogP contribution in [-0.2, 0) is 0 Å². The molecule has 0 spiro atoms. The maximum atomic E-state index is 2.46. The summed E-state index contributed by atoms with van der Waals surface area (Å²) < 4.78 is 2.43. The van der Waals surface area contributed by atoms with Crippen LogP contribution in [0.3, 0.4) is 0 Å². The smallest absolute Gasteiger partial charge is 0.0702 e. The quantitative estimate of drug-likeness (QED) is 0.162. The van der Waals surface area contributed by atoms with E-state index in [1.165, 1.54) is 60.4 Å². The summed E-state index contributed by atoms with van der Waals surface area (Å²) >= 11 is 0. The molecule has 0 aliphatic heterocycles. The summed E-state index contributed by atoms with van der Waals surface area (Å²) in [4.78, 5) is 2.46. The Bertz CT molecular complexity index is 2900. The third kappa shape index (κ3) is 5.36. The van der Waals surface area contributed by atoms with Crippen LogP contribution in [0.1, 0.15) is 0 Å². The number of para-hydroxylation sites is 5. The van der Waals surface area contributed by atoms with E-state index in [4.69, 9.17) is 0 Å². The molecule has 54 heavy (non-hydrogen) atoms. The van der Waals surface area contributed by atoms with Gasteiger partial charge in [-0.1, -0.05) is 176 Å². The van der Waals surface area contributed by atoms with Gasteiger partial charge in [0, 0.05) is 22.0 Å². The Balaban J connectivity index is 1.25. The highest BCUT2D eigenvalue weighted by molar-refractivity contribution is 6.10. The van der Waals surface area contributed by atoms with Gasteiger partial charge in [0.25, 0.3) is 0 Å². The maximum absolute atomic E-state index is 2.46. The summed E-state index contributed by atoms with van der Waals surface area (Å²) in [6.07, 6.45) is 0. The molecule has 0 fully saturated rings. The molecule has 1 aromatic heterocycles. The van der Waals surface area contributed by atoms with Gasteiger partial charge in [0.2, 0.25) is 0 Å². The summed E-state index contributed by atoms with van der Waals surface area (Å²) in [6.45, 7) is 0. The molecule has 2 heteroatoms. The third-order valence-electron chi connectivity index (χ3n) is 10.6. The third-order valence-corrected chi connectivity index (χ3v) is 10.6. The zero-order valence-electron chi connectivity index (χ0n) is 29.7. The summed E-state index contributed by atoms with van der Waals surface area (Å²) in [5.41, 5.74) is 13.9. The van der Waals surface area contributed by atoms with Gasteiger partial charge in [-0.05, 0) is 81.1 Å². The Labute approximate surface area is 315 Å². The van der Waals surface area contributed by atoms with Crippen molar-refractivity contribution in [2.45, 2.75) is 0 Å². The van der Waals surface area contributed by atoms with Crippen LogP contribution in [0.25, 0.3) is 71.6 Å². The standard InChI is InChI=1S/C52H36N2/c1-2-19-38(20-3-1)41-22-6-7-23-42(41)43-24-8-9-25-44(43)45-26-10-13-29-48(45)53(40-35-34-37-18-4-5-21-39(37)36-40)51-32-16-17-33-52(51)54-49-30-14-11-27-46(49)47-28-12-15-31-50(47)54/h1-36H. The van der Waals surface area contributed by atoms with Crippen molar-refractivity contribution in [3.05, 3.63) is 218 Å². The topological polar surface area (TPSA) is 8.17 Å². The number of nitrogens with zero attached hydrogens (tertiary/aromatic N) is 2. The van der Waals surface area contributed by atoms with Gasteiger partial charge >= 0.3 is 0 Å². The zero-order valence-corrected chi connectivity index (χ0v) is 29.7. The molecular weight excluding hydrogens is 653 g/mol. The molecule has 0 aliphatic rings. The van der Waals surface area contributed by atoms with Crippen LogP contribution < -0.4 is 4.90 Å². The molecule has 0 unspecified atom stereocenters. The molecule has 9 aromatic carbocycles. The second kappa shape index (κ2) is 13.4. The van der Waals surface area contributed by atoms with Gasteiger partial charge in [-0.25, -0.2) is 0 Å². The SMILES string of the molecule is c1ccc(-c2ccccc2-c2ccccc2-c2ccccc2N(c2ccc3ccccc3c2)c2ccccc2-n2c3ccccc3c3ccccc32)cc1. The summed E-state index contributed by atoms with van der Waals surface area (Å²) in [5, 5.41) is 4.90. The number of hydrogen-bond donors (Lipinski definition) is 0. The van der Waals surface area contributed by atoms with Crippen molar-refractivity contribution in [1.82, 2.24) is 4.57 Å². The Kier molecular flexibility index (Phi) is 7.85. The molecule has 0 atom stereocenters. The first-order chi connectivity index (χ1) is 26.8. The van der Waals surface area contributed by atoms with Gasteiger partial charge in [-0.2, -0.15) is 0 Å². The van der Waals surface area contributed by atoms with Crippen LogP contribution in [-0.4, -0.2) is 4.57 Å². The van der Waals surface area contributed by atoms with Crippen LogP contribution in [0.5, 0.6) is 0 Å². The molecule has 2 nitrogen and oxygen atoms in total. The van der Waals surface area contributed by atoms with Crippen molar-refractivity contribution < 1.29 is 0 Å². The van der Waals surface area contributed by atoms with E-state index < -0.39 is 0 Å². The number of anilines is 3. The molecule has 0 bridgehead atoms. The molecule has 0 aliphatic carbocycles. The predicted molar refractivity (Wildman–Crippen MR) is 229 cm³/mol. The first kappa shape index (κ1) is 31.6. The van der Waals surface area contributed by atoms with E-state index in [0.717, 1.165) is 28.3 Å². The maximum Gasteiger partial charge on any atom is 0.0702 e. The van der Waals surface area contributed by atoms with Crippen LogP contribution >= 0.6 is 0 Å². The van der Waals surface area contributed by atoms with E-state index >= 15 is 0 Å². The average Bonchev–Trinajstić information content (AvgIpc) is 3.59. The molecule has 10 aromatic rings. The lowest BCUT2D eigenvalue weighted by molar-refractivity contribution is 1.15. The van der Waals surface area contributed by atoms with Gasteiger partial charge in [0.1, 0.15) is 0 Å². The van der Waals surface area contributed by atoms with Crippen LogP contribution in [0.4, 0.5) is 17.1 Å². The first-order valence-corrected chi connectivity index (χ1v) is 18.5. The monoisotopic (exact) mass is 688 g/mol. The van der Waals surface area contributed by atoms with Crippen molar-refractivity contribution in [1.29, 1.82) is 0 Å². The molecule has 0 saturated heterocycles.